The van der Waals surface area contributed by atoms with E-state index < -0.39 is 57.5 Å². The summed E-state index contributed by atoms with van der Waals surface area (Å²) in [5.74, 6) is -2.26. The highest BCUT2D eigenvalue weighted by molar-refractivity contribution is 7.98. The summed E-state index contributed by atoms with van der Waals surface area (Å²) in [5, 5.41) is 31.4. The average molecular weight is 1060 g/mol. The Morgan fingerprint density at radius 3 is 1.26 bits per heavy atom. The van der Waals surface area contributed by atoms with Crippen LogP contribution in [0.4, 0.5) is 11.4 Å². The summed E-state index contributed by atoms with van der Waals surface area (Å²) in [5.41, 5.74) is 1.64. The van der Waals surface area contributed by atoms with Crippen LogP contribution in [-0.4, -0.2) is 86.1 Å². The van der Waals surface area contributed by atoms with Crippen molar-refractivity contribution in [3.63, 3.8) is 0 Å². The molecule has 19 heteroatoms. The van der Waals surface area contributed by atoms with Gasteiger partial charge in [-0.2, -0.15) is 11.8 Å². The number of thioether (sulfide) groups is 1. The fourth-order valence-electron chi connectivity index (χ4n) is 8.68. The first-order valence-corrected chi connectivity index (χ1v) is 27.1. The first-order valence-electron chi connectivity index (χ1n) is 22.4. The van der Waals surface area contributed by atoms with Crippen molar-refractivity contribution in [2.75, 3.05) is 34.7 Å². The zero-order chi connectivity index (χ0) is 50.3. The molecule has 69 heavy (non-hydrogen) atoms. The summed E-state index contributed by atoms with van der Waals surface area (Å²) in [6.45, 7) is 0. The average Bonchev–Trinajstić information content (AvgIpc) is 4.00. The highest BCUT2D eigenvalue weighted by Crippen LogP contribution is 2.43. The molecule has 370 valence electrons. The second-order valence-corrected chi connectivity index (χ2v) is 21.5. The van der Waals surface area contributed by atoms with Gasteiger partial charge in [-0.25, -0.2) is 9.59 Å². The Labute approximate surface area is 429 Å². The van der Waals surface area contributed by atoms with E-state index in [1.165, 1.54) is 0 Å². The van der Waals surface area contributed by atoms with Gasteiger partial charge in [0.05, 0.1) is 36.6 Å². The molecule has 0 aliphatic heterocycles. The third-order valence-electron chi connectivity index (χ3n) is 12.6. The van der Waals surface area contributed by atoms with Crippen molar-refractivity contribution in [2.24, 2.45) is 10.8 Å². The van der Waals surface area contributed by atoms with E-state index >= 15 is 0 Å². The number of benzene rings is 4. The maximum atomic E-state index is 13.1. The van der Waals surface area contributed by atoms with E-state index in [1.54, 1.807) is 103 Å². The molecule has 0 bridgehead atoms. The molecule has 3 atom stereocenters. The number of anilines is 2. The number of aliphatic carboxylic acids is 2. The van der Waals surface area contributed by atoms with Crippen molar-refractivity contribution < 1.29 is 43.2 Å². The van der Waals surface area contributed by atoms with Crippen molar-refractivity contribution in [1.29, 1.82) is 0 Å². The number of hydrogen-bond donors (Lipinski definition) is 6. The highest BCUT2D eigenvalue weighted by atomic mass is 35.5. The van der Waals surface area contributed by atoms with E-state index in [9.17, 15) is 43.2 Å². The molecule has 6 N–H and O–H groups in total. The van der Waals surface area contributed by atoms with E-state index in [2.05, 4.69) is 21.3 Å². The molecule has 2 aliphatic carbocycles. The second kappa shape index (κ2) is 26.0. The van der Waals surface area contributed by atoms with Crippen LogP contribution in [0.25, 0.3) is 0 Å². The van der Waals surface area contributed by atoms with Gasteiger partial charge in [0.15, 0.2) is 0 Å². The Morgan fingerprint density at radius 2 is 0.942 bits per heavy atom. The van der Waals surface area contributed by atoms with Crippen LogP contribution in [0.3, 0.4) is 0 Å². The molecular formula is C50H56Cl4N4O9S2. The molecule has 2 saturated carbocycles. The molecule has 6 rings (SSSR count). The lowest BCUT2D eigenvalue weighted by atomic mass is 9.82. The van der Waals surface area contributed by atoms with Crippen LogP contribution < -0.4 is 21.3 Å². The van der Waals surface area contributed by atoms with Crippen LogP contribution >= 0.6 is 58.2 Å². The molecule has 0 radical (unpaired) electrons. The summed E-state index contributed by atoms with van der Waals surface area (Å²) >= 11 is 26.1. The van der Waals surface area contributed by atoms with Crippen LogP contribution in [0.15, 0.2) is 84.9 Å². The van der Waals surface area contributed by atoms with E-state index in [0.29, 0.717) is 42.0 Å². The minimum atomic E-state index is -1.13. The van der Waals surface area contributed by atoms with Gasteiger partial charge in [-0.1, -0.05) is 108 Å². The molecule has 0 spiro atoms. The largest absolute Gasteiger partial charge is 0.480 e. The van der Waals surface area contributed by atoms with Crippen LogP contribution in [-0.2, 0) is 42.8 Å². The van der Waals surface area contributed by atoms with Gasteiger partial charge >= 0.3 is 11.9 Å². The molecule has 0 saturated heterocycles. The lowest BCUT2D eigenvalue weighted by Crippen LogP contribution is -2.49. The number of halogens is 4. The maximum absolute atomic E-state index is 13.1. The Bertz CT molecular complexity index is 2460. The summed E-state index contributed by atoms with van der Waals surface area (Å²) in [4.78, 5) is 75.1. The molecule has 0 heterocycles. The molecule has 2 aliphatic rings. The Balaban J connectivity index is 0.000000258. The van der Waals surface area contributed by atoms with Crippen molar-refractivity contribution >= 4 is 116 Å². The zero-order valence-corrected chi connectivity index (χ0v) is 42.9. The predicted molar refractivity (Wildman–Crippen MR) is 277 cm³/mol. The van der Waals surface area contributed by atoms with Crippen molar-refractivity contribution in [3.05, 3.63) is 127 Å². The number of carboxylic acids is 2. The third-order valence-corrected chi connectivity index (χ3v) is 15.3. The fourth-order valence-corrected chi connectivity index (χ4v) is 11.1. The summed E-state index contributed by atoms with van der Waals surface area (Å²) in [6, 6.07) is 21.0. The monoisotopic (exact) mass is 1060 g/mol. The molecule has 4 amide bonds. The van der Waals surface area contributed by atoms with E-state index in [1.807, 2.05) is 6.26 Å². The van der Waals surface area contributed by atoms with Crippen molar-refractivity contribution in [3.8, 4) is 0 Å². The van der Waals surface area contributed by atoms with Crippen LogP contribution in [0.5, 0.6) is 0 Å². The molecule has 13 nitrogen and oxygen atoms in total. The number of rotatable bonds is 20. The SMILES string of the molecule is CS(=O)CCC1(C(=O)N[C@@H](Cc2ccc(NC(=O)c3c(Cl)cccc3Cl)cc2)C(=O)O)CCCC1.CSCCC1(C(=O)N[C@@H](Cc2ccc(NC(=O)c3c(Cl)cccc3Cl)cc2)C(=O)O)CCCC1. The normalized spacial score (nSPS) is 15.9. The number of nitrogens with one attached hydrogen (secondary N) is 4. The van der Waals surface area contributed by atoms with Crippen molar-refractivity contribution in [2.45, 2.75) is 89.1 Å². The summed E-state index contributed by atoms with van der Waals surface area (Å²) in [6.07, 6.45) is 11.8. The van der Waals surface area contributed by atoms with Gasteiger partial charge in [0.2, 0.25) is 11.8 Å². The summed E-state index contributed by atoms with van der Waals surface area (Å²) in [7, 11) is -1.02. The molecule has 1 unspecified atom stereocenters. The predicted octanol–water partition coefficient (Wildman–Crippen LogP) is 10.4. The second-order valence-electron chi connectivity index (χ2n) is 17.4. The Hall–Kier alpha value is -4.64. The van der Waals surface area contributed by atoms with Crippen LogP contribution in [0, 0.1) is 10.8 Å². The number of hydrogen-bond acceptors (Lipinski definition) is 8. The number of carboxylic acid groups (broad SMARTS) is 2. The number of carbonyl (C=O) groups excluding carboxylic acids is 4. The van der Waals surface area contributed by atoms with Gasteiger partial charge < -0.3 is 31.5 Å². The topological polar surface area (TPSA) is 208 Å². The van der Waals surface area contributed by atoms with Gasteiger partial charge in [0.1, 0.15) is 12.1 Å². The lowest BCUT2D eigenvalue weighted by molar-refractivity contribution is -0.144. The Morgan fingerprint density at radius 1 is 0.594 bits per heavy atom. The van der Waals surface area contributed by atoms with Crippen LogP contribution in [0.2, 0.25) is 20.1 Å². The first kappa shape index (κ1) is 55.3. The molecule has 4 aromatic rings. The number of carbonyl (C=O) groups is 6. The van der Waals surface area contributed by atoms with Crippen LogP contribution in [0.1, 0.15) is 96.1 Å². The maximum Gasteiger partial charge on any atom is 0.326 e. The van der Waals surface area contributed by atoms with Gasteiger partial charge in [0.25, 0.3) is 11.8 Å². The first-order chi connectivity index (χ1) is 32.9. The molecule has 0 aromatic heterocycles. The Kier molecular flexibility index (Phi) is 20.8. The molecule has 2 fully saturated rings. The molecule has 4 aromatic carbocycles. The molecular weight excluding hydrogens is 1010 g/mol. The fraction of sp³-hybridized carbons (Fsp3) is 0.400. The zero-order valence-electron chi connectivity index (χ0n) is 38.2. The van der Waals surface area contributed by atoms with Crippen molar-refractivity contribution in [1.82, 2.24) is 10.6 Å². The third kappa shape index (κ3) is 15.4. The highest BCUT2D eigenvalue weighted by Gasteiger charge is 2.43. The minimum absolute atomic E-state index is 0.0848. The lowest BCUT2D eigenvalue weighted by Gasteiger charge is -2.29. The smallest absolute Gasteiger partial charge is 0.326 e. The minimum Gasteiger partial charge on any atom is -0.480 e. The van der Waals surface area contributed by atoms with E-state index in [4.69, 9.17) is 46.4 Å². The quantitative estimate of drug-likeness (QED) is 0.0494. The van der Waals surface area contributed by atoms with Gasteiger partial charge in [-0.3, -0.25) is 23.4 Å². The van der Waals surface area contributed by atoms with E-state index in [0.717, 1.165) is 56.3 Å². The van der Waals surface area contributed by atoms with Gasteiger partial charge in [-0.05, 0) is 110 Å². The number of amides is 4. The van der Waals surface area contributed by atoms with Gasteiger partial charge in [-0.15, -0.1) is 0 Å². The van der Waals surface area contributed by atoms with Gasteiger partial charge in [0, 0.05) is 52.4 Å². The standard InChI is InChI=1S/C25H28Cl2N2O5S.C25H28Cl2N2O4S/c1-35(34)14-13-25(11-2-3-12-25)24(33)29-20(23(31)32)15-16-7-9-17(10-8-16)28-22(30)21-18(26)5-4-6-19(21)27;1-34-14-13-25(11-2-3-12-25)24(33)29-20(23(31)32)15-16-7-9-17(10-8-16)28-22(30)21-18(26)5-4-6-19(21)27/h4-10,20H,2-3,11-15H2,1H3,(H,28,30)(H,29,33)(H,31,32);4-10,20H,2-3,11-15H2,1H3,(H,28,30)(H,29,33)(H,31,32)/t20-,35?;20-/m00/s1. The summed E-state index contributed by atoms with van der Waals surface area (Å²) < 4.78 is 11.6. The van der Waals surface area contributed by atoms with E-state index in [-0.39, 0.29) is 55.9 Å².